The Balaban J connectivity index is 1.71. The average molecular weight is 434 g/mol. The van der Waals surface area contributed by atoms with Gasteiger partial charge in [-0.3, -0.25) is 9.52 Å². The number of carbonyl (C=O) groups excluding carboxylic acids is 1. The third kappa shape index (κ3) is 4.32. The average Bonchev–Trinajstić information content (AvgIpc) is 2.95. The van der Waals surface area contributed by atoms with Crippen LogP contribution in [0.1, 0.15) is 10.4 Å². The Hall–Kier alpha value is -1.32. The summed E-state index contributed by atoms with van der Waals surface area (Å²) in [5.74, 6) is -0.0554. The van der Waals surface area contributed by atoms with E-state index in [1.807, 2.05) is 7.05 Å². The van der Waals surface area contributed by atoms with Gasteiger partial charge in [0.05, 0.1) is 4.34 Å². The van der Waals surface area contributed by atoms with Crippen molar-refractivity contribution < 1.29 is 13.2 Å². The van der Waals surface area contributed by atoms with E-state index < -0.39 is 10.0 Å². The second-order valence-electron chi connectivity index (χ2n) is 5.97. The van der Waals surface area contributed by atoms with E-state index in [0.717, 1.165) is 24.4 Å². The first-order valence-corrected chi connectivity index (χ1v) is 10.9. The number of anilines is 1. The Morgan fingerprint density at radius 1 is 1.12 bits per heavy atom. The number of amides is 1. The summed E-state index contributed by atoms with van der Waals surface area (Å²) in [4.78, 5) is 16.4. The minimum atomic E-state index is -3.84. The molecule has 3 rings (SSSR count). The third-order valence-corrected chi connectivity index (χ3v) is 7.22. The summed E-state index contributed by atoms with van der Waals surface area (Å²) in [5, 5.41) is 0. The summed E-state index contributed by atoms with van der Waals surface area (Å²) < 4.78 is 27.7. The lowest BCUT2D eigenvalue weighted by Gasteiger charge is -2.32. The first-order chi connectivity index (χ1) is 12.3. The van der Waals surface area contributed by atoms with Crippen LogP contribution >= 0.6 is 34.5 Å². The van der Waals surface area contributed by atoms with Gasteiger partial charge in [0.15, 0.2) is 0 Å². The van der Waals surface area contributed by atoms with E-state index in [1.165, 1.54) is 6.07 Å². The van der Waals surface area contributed by atoms with Gasteiger partial charge in [0.25, 0.3) is 15.9 Å². The van der Waals surface area contributed by atoms with Crippen LogP contribution in [0.3, 0.4) is 0 Å². The lowest BCUT2D eigenvalue weighted by molar-refractivity contribution is 0.0664. The van der Waals surface area contributed by atoms with Gasteiger partial charge >= 0.3 is 0 Å². The number of halogens is 2. The fraction of sp³-hybridized carbons (Fsp3) is 0.312. The van der Waals surface area contributed by atoms with Crippen LogP contribution in [-0.2, 0) is 10.0 Å². The summed E-state index contributed by atoms with van der Waals surface area (Å²) in [6.45, 7) is 3.05. The lowest BCUT2D eigenvalue weighted by atomic mass is 10.1. The predicted octanol–water partition coefficient (Wildman–Crippen LogP) is 3.24. The minimum Gasteiger partial charge on any atom is -0.336 e. The maximum absolute atomic E-state index is 12.5. The van der Waals surface area contributed by atoms with Crippen molar-refractivity contribution >= 4 is 56.2 Å². The Bertz CT molecular complexity index is 905. The quantitative estimate of drug-likeness (QED) is 0.802. The van der Waals surface area contributed by atoms with E-state index in [4.69, 9.17) is 23.2 Å². The molecule has 1 aliphatic rings. The van der Waals surface area contributed by atoms with E-state index in [9.17, 15) is 13.2 Å². The van der Waals surface area contributed by atoms with Crippen molar-refractivity contribution in [3.05, 3.63) is 44.6 Å². The highest BCUT2D eigenvalue weighted by atomic mass is 35.5. The first-order valence-electron chi connectivity index (χ1n) is 7.82. The molecule has 1 saturated heterocycles. The molecule has 1 aromatic carbocycles. The summed E-state index contributed by atoms with van der Waals surface area (Å²) in [5.41, 5.74) is 0.868. The predicted molar refractivity (Wildman–Crippen MR) is 105 cm³/mol. The molecule has 2 heterocycles. The van der Waals surface area contributed by atoms with Gasteiger partial charge in [0, 0.05) is 37.4 Å². The van der Waals surface area contributed by atoms with Gasteiger partial charge in [-0.15, -0.1) is 11.3 Å². The Morgan fingerprint density at radius 3 is 2.27 bits per heavy atom. The number of hydrogen-bond donors (Lipinski definition) is 1. The van der Waals surface area contributed by atoms with Crippen molar-refractivity contribution in [2.24, 2.45) is 0 Å². The van der Waals surface area contributed by atoms with Crippen molar-refractivity contribution in [2.75, 3.05) is 37.9 Å². The van der Waals surface area contributed by atoms with Gasteiger partial charge in [-0.2, -0.15) is 0 Å². The monoisotopic (exact) mass is 433 g/mol. The highest BCUT2D eigenvalue weighted by Gasteiger charge is 2.22. The van der Waals surface area contributed by atoms with Crippen LogP contribution in [0.5, 0.6) is 0 Å². The Morgan fingerprint density at radius 2 is 1.73 bits per heavy atom. The molecule has 1 N–H and O–H groups in total. The number of sulfonamides is 1. The third-order valence-electron chi connectivity index (χ3n) is 4.09. The number of nitrogens with one attached hydrogen (secondary N) is 1. The zero-order chi connectivity index (χ0) is 18.9. The summed E-state index contributed by atoms with van der Waals surface area (Å²) in [6.07, 6.45) is 0. The fourth-order valence-electron chi connectivity index (χ4n) is 2.59. The van der Waals surface area contributed by atoms with E-state index in [0.29, 0.717) is 28.7 Å². The number of rotatable bonds is 4. The molecule has 2 aromatic rings. The topological polar surface area (TPSA) is 69.7 Å². The Labute approximate surface area is 166 Å². The molecule has 1 aromatic heterocycles. The normalized spacial score (nSPS) is 15.9. The molecule has 0 aliphatic carbocycles. The summed E-state index contributed by atoms with van der Waals surface area (Å²) in [6, 6.07) is 7.65. The second-order valence-corrected chi connectivity index (χ2v) is 9.90. The van der Waals surface area contributed by atoms with Crippen molar-refractivity contribution in [3.8, 4) is 0 Å². The van der Waals surface area contributed by atoms with Crippen LogP contribution in [0.4, 0.5) is 5.69 Å². The van der Waals surface area contributed by atoms with Crippen molar-refractivity contribution in [1.82, 2.24) is 9.80 Å². The molecule has 140 valence electrons. The van der Waals surface area contributed by atoms with E-state index in [-0.39, 0.29) is 15.1 Å². The molecule has 1 amide bonds. The largest absolute Gasteiger partial charge is 0.336 e. The molecule has 0 spiro atoms. The number of likely N-dealkylation sites (N-methyl/N-ethyl adjacent to an activating group) is 1. The zero-order valence-electron chi connectivity index (χ0n) is 13.9. The van der Waals surface area contributed by atoms with Crippen molar-refractivity contribution in [3.63, 3.8) is 0 Å². The first kappa shape index (κ1) is 19.4. The maximum atomic E-state index is 12.5. The highest BCUT2D eigenvalue weighted by molar-refractivity contribution is 7.93. The highest BCUT2D eigenvalue weighted by Crippen LogP contribution is 2.35. The standard InChI is InChI=1S/C16H17Cl2N3O3S2/c1-20-6-8-21(9-7-20)16(22)11-2-4-12(5-3-11)19-26(23,24)13-10-14(17)25-15(13)18/h2-5,10,19H,6-9H2,1H3. The molecule has 0 unspecified atom stereocenters. The number of benzene rings is 1. The van der Waals surface area contributed by atoms with E-state index in [2.05, 4.69) is 9.62 Å². The lowest BCUT2D eigenvalue weighted by Crippen LogP contribution is -2.47. The van der Waals surface area contributed by atoms with Crippen LogP contribution in [0, 0.1) is 0 Å². The zero-order valence-corrected chi connectivity index (χ0v) is 17.1. The van der Waals surface area contributed by atoms with Crippen LogP contribution in [0.15, 0.2) is 35.2 Å². The molecule has 0 bridgehead atoms. The molecular weight excluding hydrogens is 417 g/mol. The van der Waals surface area contributed by atoms with Gasteiger partial charge in [0.2, 0.25) is 0 Å². The molecule has 0 saturated carbocycles. The van der Waals surface area contributed by atoms with Gasteiger partial charge in [-0.05, 0) is 37.4 Å². The van der Waals surface area contributed by atoms with Gasteiger partial charge in [-0.25, -0.2) is 8.42 Å². The van der Waals surface area contributed by atoms with Gasteiger partial charge in [-0.1, -0.05) is 23.2 Å². The van der Waals surface area contributed by atoms with Gasteiger partial charge in [0.1, 0.15) is 9.23 Å². The number of nitrogens with zero attached hydrogens (tertiary/aromatic N) is 2. The van der Waals surface area contributed by atoms with E-state index >= 15 is 0 Å². The van der Waals surface area contributed by atoms with Crippen LogP contribution < -0.4 is 4.72 Å². The smallest absolute Gasteiger partial charge is 0.264 e. The van der Waals surface area contributed by atoms with E-state index in [1.54, 1.807) is 29.2 Å². The molecule has 26 heavy (non-hydrogen) atoms. The second kappa shape index (κ2) is 7.74. The molecule has 0 radical (unpaired) electrons. The molecular formula is C16H17Cl2N3O3S2. The number of thiophene rings is 1. The molecule has 0 atom stereocenters. The van der Waals surface area contributed by atoms with Crippen molar-refractivity contribution in [1.29, 1.82) is 0 Å². The minimum absolute atomic E-state index is 0.0554. The summed E-state index contributed by atoms with van der Waals surface area (Å²) in [7, 11) is -1.82. The van der Waals surface area contributed by atoms with Crippen molar-refractivity contribution in [2.45, 2.75) is 4.90 Å². The Kier molecular flexibility index (Phi) is 5.78. The molecule has 1 aliphatic heterocycles. The van der Waals surface area contributed by atoms with Crippen LogP contribution in [-0.4, -0.2) is 57.4 Å². The van der Waals surface area contributed by atoms with Crippen LogP contribution in [0.2, 0.25) is 8.67 Å². The molecule has 1 fully saturated rings. The molecule has 10 heteroatoms. The molecule has 6 nitrogen and oxygen atoms in total. The number of carbonyl (C=O) groups is 1. The number of piperazine rings is 1. The van der Waals surface area contributed by atoms with Crippen LogP contribution in [0.25, 0.3) is 0 Å². The van der Waals surface area contributed by atoms with Gasteiger partial charge < -0.3 is 9.80 Å². The summed E-state index contributed by atoms with van der Waals surface area (Å²) >= 11 is 12.7. The number of hydrogen-bond acceptors (Lipinski definition) is 5. The maximum Gasteiger partial charge on any atom is 0.264 e. The fourth-order valence-corrected chi connectivity index (χ4v) is 5.80. The SMILES string of the molecule is CN1CCN(C(=O)c2ccc(NS(=O)(=O)c3cc(Cl)sc3Cl)cc2)CC1.